The summed E-state index contributed by atoms with van der Waals surface area (Å²) >= 11 is 1.81. The maximum atomic E-state index is 12.9. The van der Waals surface area contributed by atoms with Crippen LogP contribution in [0.3, 0.4) is 0 Å². The highest BCUT2D eigenvalue weighted by atomic mass is 32.2. The molecule has 0 bridgehead atoms. The number of carbonyl (C=O) groups excluding carboxylic acids is 2. The van der Waals surface area contributed by atoms with Gasteiger partial charge >= 0.3 is 0 Å². The first kappa shape index (κ1) is 14.4. The number of amides is 2. The van der Waals surface area contributed by atoms with Gasteiger partial charge in [-0.15, -0.1) is 11.8 Å². The zero-order valence-electron chi connectivity index (χ0n) is 12.2. The first-order chi connectivity index (χ1) is 10.2. The molecule has 0 aliphatic carbocycles. The lowest BCUT2D eigenvalue weighted by Gasteiger charge is -2.25. The molecule has 1 unspecified atom stereocenters. The van der Waals surface area contributed by atoms with E-state index in [0.717, 1.165) is 24.4 Å². The Morgan fingerprint density at radius 2 is 2.19 bits per heavy atom. The zero-order valence-corrected chi connectivity index (χ0v) is 13.1. The Balaban J connectivity index is 1.83. The van der Waals surface area contributed by atoms with Crippen LogP contribution in [-0.4, -0.2) is 42.1 Å². The first-order valence-corrected chi connectivity index (χ1v) is 8.50. The molecule has 0 N–H and O–H groups in total. The molecule has 4 nitrogen and oxygen atoms in total. The normalized spacial score (nSPS) is 22.1. The molecule has 1 saturated heterocycles. The molecule has 112 valence electrons. The van der Waals surface area contributed by atoms with Gasteiger partial charge in [0.05, 0.1) is 11.6 Å². The third kappa shape index (κ3) is 2.79. The van der Waals surface area contributed by atoms with Gasteiger partial charge in [0.2, 0.25) is 11.8 Å². The van der Waals surface area contributed by atoms with Crippen LogP contribution in [0.1, 0.15) is 19.8 Å². The monoisotopic (exact) mass is 304 g/mol. The summed E-state index contributed by atoms with van der Waals surface area (Å²) in [6.45, 7) is 3.97. The highest BCUT2D eigenvalue weighted by Gasteiger charge is 2.36. The van der Waals surface area contributed by atoms with Gasteiger partial charge < -0.3 is 9.80 Å². The Hall–Kier alpha value is -1.49. The molecule has 0 radical (unpaired) electrons. The zero-order chi connectivity index (χ0) is 14.8. The van der Waals surface area contributed by atoms with Gasteiger partial charge in [0, 0.05) is 31.0 Å². The lowest BCUT2D eigenvalue weighted by Crippen LogP contribution is -2.38. The summed E-state index contributed by atoms with van der Waals surface area (Å²) in [6.07, 6.45) is 1.35. The summed E-state index contributed by atoms with van der Waals surface area (Å²) in [6, 6.07) is 8.07. The molecule has 2 amide bonds. The van der Waals surface area contributed by atoms with Crippen molar-refractivity contribution in [3.05, 3.63) is 24.3 Å². The lowest BCUT2D eigenvalue weighted by molar-refractivity contribution is -0.128. The highest BCUT2D eigenvalue weighted by Crippen LogP contribution is 2.35. The molecule has 2 aliphatic heterocycles. The standard InChI is InChI=1S/C16H20N2O2S/c1-2-17-11-12(10-15(17)19)16(20)18-8-5-9-21-14-7-4-3-6-13(14)18/h3-4,6-7,12H,2,5,8-11H2,1H3. The predicted octanol–water partition coefficient (Wildman–Crippen LogP) is 2.38. The molecule has 21 heavy (non-hydrogen) atoms. The number of hydrogen-bond acceptors (Lipinski definition) is 3. The quantitative estimate of drug-likeness (QED) is 0.842. The molecule has 1 atom stereocenters. The highest BCUT2D eigenvalue weighted by molar-refractivity contribution is 7.99. The smallest absolute Gasteiger partial charge is 0.232 e. The summed E-state index contributed by atoms with van der Waals surface area (Å²) in [5, 5.41) is 0. The second-order valence-electron chi connectivity index (χ2n) is 5.49. The number of benzene rings is 1. The summed E-state index contributed by atoms with van der Waals surface area (Å²) in [7, 11) is 0. The number of likely N-dealkylation sites (tertiary alicyclic amines) is 1. The number of para-hydroxylation sites is 1. The SMILES string of the molecule is CCN1CC(C(=O)N2CCCSc3ccccc32)CC1=O. The van der Waals surface area contributed by atoms with E-state index in [2.05, 4.69) is 6.07 Å². The second kappa shape index (κ2) is 6.10. The molecule has 2 heterocycles. The van der Waals surface area contributed by atoms with Crippen LogP contribution in [-0.2, 0) is 9.59 Å². The van der Waals surface area contributed by atoms with Gasteiger partial charge in [0.15, 0.2) is 0 Å². The lowest BCUT2D eigenvalue weighted by atomic mass is 10.1. The Labute approximate surface area is 129 Å². The van der Waals surface area contributed by atoms with E-state index in [1.165, 1.54) is 4.90 Å². The molecule has 2 aliphatic rings. The number of rotatable bonds is 2. The van der Waals surface area contributed by atoms with Gasteiger partial charge in [0.1, 0.15) is 0 Å². The predicted molar refractivity (Wildman–Crippen MR) is 84.5 cm³/mol. The van der Waals surface area contributed by atoms with Gasteiger partial charge in [-0.2, -0.15) is 0 Å². The maximum Gasteiger partial charge on any atom is 0.232 e. The number of fused-ring (bicyclic) bond motifs is 1. The number of nitrogens with zero attached hydrogens (tertiary/aromatic N) is 2. The molecule has 5 heteroatoms. The Morgan fingerprint density at radius 3 is 2.95 bits per heavy atom. The summed E-state index contributed by atoms with van der Waals surface area (Å²) in [4.78, 5) is 29.6. The van der Waals surface area contributed by atoms with E-state index < -0.39 is 0 Å². The van der Waals surface area contributed by atoms with E-state index in [-0.39, 0.29) is 17.7 Å². The average molecular weight is 304 g/mol. The third-order valence-electron chi connectivity index (χ3n) is 4.15. The van der Waals surface area contributed by atoms with Crippen LogP contribution >= 0.6 is 11.8 Å². The molecular weight excluding hydrogens is 284 g/mol. The van der Waals surface area contributed by atoms with Gasteiger partial charge in [-0.1, -0.05) is 12.1 Å². The largest absolute Gasteiger partial charge is 0.342 e. The van der Waals surface area contributed by atoms with Crippen molar-refractivity contribution in [1.82, 2.24) is 4.90 Å². The van der Waals surface area contributed by atoms with Crippen LogP contribution in [0.15, 0.2) is 29.2 Å². The molecule has 1 aromatic carbocycles. The van der Waals surface area contributed by atoms with Crippen LogP contribution in [0.2, 0.25) is 0 Å². The molecule has 0 spiro atoms. The second-order valence-corrected chi connectivity index (χ2v) is 6.63. The van der Waals surface area contributed by atoms with Crippen molar-refractivity contribution in [3.8, 4) is 0 Å². The first-order valence-electron chi connectivity index (χ1n) is 7.51. The average Bonchev–Trinajstić information content (AvgIpc) is 2.75. The van der Waals surface area contributed by atoms with E-state index in [0.29, 0.717) is 19.5 Å². The Morgan fingerprint density at radius 1 is 1.38 bits per heavy atom. The molecule has 1 fully saturated rings. The van der Waals surface area contributed by atoms with Crippen molar-refractivity contribution in [2.45, 2.75) is 24.7 Å². The molecule has 0 saturated carbocycles. The van der Waals surface area contributed by atoms with Crippen LogP contribution in [0, 0.1) is 5.92 Å². The van der Waals surface area contributed by atoms with Crippen molar-refractivity contribution in [2.75, 3.05) is 30.3 Å². The fourth-order valence-corrected chi connectivity index (χ4v) is 4.01. The van der Waals surface area contributed by atoms with E-state index in [1.807, 2.05) is 41.8 Å². The number of carbonyl (C=O) groups is 2. The number of hydrogen-bond donors (Lipinski definition) is 0. The van der Waals surface area contributed by atoms with Crippen LogP contribution in [0.25, 0.3) is 0 Å². The molecular formula is C16H20N2O2S. The number of thioether (sulfide) groups is 1. The summed E-state index contributed by atoms with van der Waals surface area (Å²) in [5.41, 5.74) is 1.01. The third-order valence-corrected chi connectivity index (χ3v) is 5.30. The van der Waals surface area contributed by atoms with Crippen LogP contribution in [0.4, 0.5) is 5.69 Å². The number of anilines is 1. The van der Waals surface area contributed by atoms with E-state index in [1.54, 1.807) is 4.90 Å². The van der Waals surface area contributed by atoms with Crippen LogP contribution < -0.4 is 4.90 Å². The summed E-state index contributed by atoms with van der Waals surface area (Å²) in [5.74, 6) is 1.06. The van der Waals surface area contributed by atoms with Gasteiger partial charge in [-0.3, -0.25) is 9.59 Å². The molecule has 0 aromatic heterocycles. The van der Waals surface area contributed by atoms with Crippen molar-refractivity contribution in [3.63, 3.8) is 0 Å². The topological polar surface area (TPSA) is 40.6 Å². The van der Waals surface area contributed by atoms with Gasteiger partial charge in [-0.05, 0) is 31.2 Å². The maximum absolute atomic E-state index is 12.9. The van der Waals surface area contributed by atoms with E-state index in [9.17, 15) is 9.59 Å². The van der Waals surface area contributed by atoms with Crippen molar-refractivity contribution in [1.29, 1.82) is 0 Å². The Bertz CT molecular complexity index is 561. The minimum Gasteiger partial charge on any atom is -0.342 e. The minimum atomic E-state index is -0.186. The van der Waals surface area contributed by atoms with E-state index >= 15 is 0 Å². The minimum absolute atomic E-state index is 0.105. The molecule has 3 rings (SSSR count). The van der Waals surface area contributed by atoms with Crippen molar-refractivity contribution >= 4 is 29.3 Å². The van der Waals surface area contributed by atoms with Gasteiger partial charge in [-0.25, -0.2) is 0 Å². The molecule has 1 aromatic rings. The fraction of sp³-hybridized carbons (Fsp3) is 0.500. The van der Waals surface area contributed by atoms with Crippen molar-refractivity contribution in [2.24, 2.45) is 5.92 Å². The Kier molecular flexibility index (Phi) is 4.19. The van der Waals surface area contributed by atoms with E-state index in [4.69, 9.17) is 0 Å². The van der Waals surface area contributed by atoms with Crippen LogP contribution in [0.5, 0.6) is 0 Å². The fourth-order valence-electron chi connectivity index (χ4n) is 3.02. The van der Waals surface area contributed by atoms with Crippen molar-refractivity contribution < 1.29 is 9.59 Å². The van der Waals surface area contributed by atoms with Gasteiger partial charge in [0.25, 0.3) is 0 Å². The summed E-state index contributed by atoms with van der Waals surface area (Å²) < 4.78 is 0.